The van der Waals surface area contributed by atoms with Crippen LogP contribution in [0.5, 0.6) is 0 Å². The van der Waals surface area contributed by atoms with Gasteiger partial charge in [0.15, 0.2) is 0 Å². The number of nitrogens with one attached hydrogen (secondary N) is 2. The summed E-state index contributed by atoms with van der Waals surface area (Å²) in [5.41, 5.74) is 1.98. The van der Waals surface area contributed by atoms with Gasteiger partial charge in [-0.05, 0) is 49.7 Å². The Morgan fingerprint density at radius 2 is 2.31 bits per heavy atom. The normalized spacial score (nSPS) is 15.6. The van der Waals surface area contributed by atoms with Crippen LogP contribution in [0.2, 0.25) is 0 Å². The molecular formula is C12H15BrN2O. The second kappa shape index (κ2) is 4.97. The van der Waals surface area contributed by atoms with E-state index in [2.05, 4.69) is 26.6 Å². The Bertz CT molecular complexity index is 402. The highest BCUT2D eigenvalue weighted by Gasteiger charge is 2.20. The molecule has 1 heterocycles. The summed E-state index contributed by atoms with van der Waals surface area (Å²) in [6.45, 7) is 3.92. The highest BCUT2D eigenvalue weighted by Crippen LogP contribution is 2.20. The molecule has 1 aliphatic heterocycles. The van der Waals surface area contributed by atoms with Gasteiger partial charge < -0.3 is 10.6 Å². The smallest absolute Gasteiger partial charge is 0.224 e. The maximum atomic E-state index is 11.7. The van der Waals surface area contributed by atoms with E-state index in [0.29, 0.717) is 12.3 Å². The van der Waals surface area contributed by atoms with Crippen LogP contribution in [0, 0.1) is 12.8 Å². The number of carbonyl (C=O) groups excluding carboxylic acids is 1. The fourth-order valence-corrected chi connectivity index (χ4v) is 2.20. The summed E-state index contributed by atoms with van der Waals surface area (Å²) in [5.74, 6) is 0.618. The van der Waals surface area contributed by atoms with Crippen LogP contribution in [0.1, 0.15) is 12.0 Å². The molecule has 2 N–H and O–H groups in total. The van der Waals surface area contributed by atoms with E-state index in [9.17, 15) is 4.79 Å². The number of aryl methyl sites for hydroxylation is 1. The van der Waals surface area contributed by atoms with Gasteiger partial charge in [-0.25, -0.2) is 0 Å². The number of hydrogen-bond donors (Lipinski definition) is 2. The zero-order valence-electron chi connectivity index (χ0n) is 9.22. The van der Waals surface area contributed by atoms with Gasteiger partial charge in [0.25, 0.3) is 0 Å². The van der Waals surface area contributed by atoms with Crippen molar-refractivity contribution in [2.24, 2.45) is 5.92 Å². The van der Waals surface area contributed by atoms with E-state index in [0.717, 1.165) is 28.8 Å². The molecule has 3 nitrogen and oxygen atoms in total. The minimum absolute atomic E-state index is 0.108. The van der Waals surface area contributed by atoms with Crippen molar-refractivity contribution >= 4 is 27.5 Å². The van der Waals surface area contributed by atoms with Gasteiger partial charge in [-0.2, -0.15) is 0 Å². The summed E-state index contributed by atoms with van der Waals surface area (Å²) in [4.78, 5) is 11.7. The van der Waals surface area contributed by atoms with Crippen LogP contribution in [0.15, 0.2) is 22.7 Å². The van der Waals surface area contributed by atoms with E-state index < -0.39 is 0 Å². The lowest BCUT2D eigenvalue weighted by molar-refractivity contribution is -0.117. The van der Waals surface area contributed by atoms with Gasteiger partial charge >= 0.3 is 0 Å². The SMILES string of the molecule is Cc1cc(Br)ccc1NC(=O)CC1CNC1. The topological polar surface area (TPSA) is 41.1 Å². The Morgan fingerprint density at radius 3 is 2.88 bits per heavy atom. The minimum Gasteiger partial charge on any atom is -0.326 e. The lowest BCUT2D eigenvalue weighted by Gasteiger charge is -2.26. The van der Waals surface area contributed by atoms with E-state index in [1.165, 1.54) is 0 Å². The van der Waals surface area contributed by atoms with Crippen molar-refractivity contribution in [2.75, 3.05) is 18.4 Å². The molecule has 1 saturated heterocycles. The average Bonchev–Trinajstić information content (AvgIpc) is 2.16. The van der Waals surface area contributed by atoms with Crippen LogP contribution < -0.4 is 10.6 Å². The molecule has 2 rings (SSSR count). The number of carbonyl (C=O) groups is 1. The van der Waals surface area contributed by atoms with Crippen molar-refractivity contribution in [3.05, 3.63) is 28.2 Å². The second-order valence-electron chi connectivity index (χ2n) is 4.24. The number of amides is 1. The summed E-state index contributed by atoms with van der Waals surface area (Å²) in [6.07, 6.45) is 0.614. The molecule has 0 saturated carbocycles. The van der Waals surface area contributed by atoms with E-state index >= 15 is 0 Å². The van der Waals surface area contributed by atoms with Crippen LogP contribution in [-0.4, -0.2) is 19.0 Å². The van der Waals surface area contributed by atoms with Crippen molar-refractivity contribution in [1.29, 1.82) is 0 Å². The molecule has 0 spiro atoms. The fraction of sp³-hybridized carbons (Fsp3) is 0.417. The minimum atomic E-state index is 0.108. The molecule has 0 aromatic heterocycles. The predicted molar refractivity (Wildman–Crippen MR) is 68.5 cm³/mol. The Kier molecular flexibility index (Phi) is 3.61. The van der Waals surface area contributed by atoms with Crippen molar-refractivity contribution in [3.63, 3.8) is 0 Å². The van der Waals surface area contributed by atoms with Crippen LogP contribution in [0.3, 0.4) is 0 Å². The van der Waals surface area contributed by atoms with Crippen LogP contribution in [-0.2, 0) is 4.79 Å². The van der Waals surface area contributed by atoms with Gasteiger partial charge in [0.1, 0.15) is 0 Å². The molecule has 1 aromatic carbocycles. The summed E-state index contributed by atoms with van der Waals surface area (Å²) in [7, 11) is 0. The third-order valence-electron chi connectivity index (χ3n) is 2.80. The highest BCUT2D eigenvalue weighted by molar-refractivity contribution is 9.10. The van der Waals surface area contributed by atoms with E-state index in [-0.39, 0.29) is 5.91 Å². The number of anilines is 1. The Balaban J connectivity index is 1.94. The summed E-state index contributed by atoms with van der Waals surface area (Å²) < 4.78 is 1.03. The van der Waals surface area contributed by atoms with Gasteiger partial charge in [0.05, 0.1) is 0 Å². The van der Waals surface area contributed by atoms with Gasteiger partial charge in [0.2, 0.25) is 5.91 Å². The Hall–Kier alpha value is -0.870. The predicted octanol–water partition coefficient (Wildman–Crippen LogP) is 2.31. The molecule has 0 unspecified atom stereocenters. The lowest BCUT2D eigenvalue weighted by Crippen LogP contribution is -2.43. The zero-order chi connectivity index (χ0) is 11.5. The summed E-state index contributed by atoms with van der Waals surface area (Å²) in [5, 5.41) is 6.11. The van der Waals surface area contributed by atoms with Crippen LogP contribution in [0.25, 0.3) is 0 Å². The molecule has 1 aliphatic rings. The molecule has 1 aromatic rings. The van der Waals surface area contributed by atoms with Crippen molar-refractivity contribution < 1.29 is 4.79 Å². The molecule has 1 fully saturated rings. The quantitative estimate of drug-likeness (QED) is 0.893. The molecule has 86 valence electrons. The monoisotopic (exact) mass is 282 g/mol. The zero-order valence-corrected chi connectivity index (χ0v) is 10.8. The van der Waals surface area contributed by atoms with E-state index in [1.54, 1.807) is 0 Å². The van der Waals surface area contributed by atoms with Gasteiger partial charge in [0, 0.05) is 16.6 Å². The van der Waals surface area contributed by atoms with E-state index in [4.69, 9.17) is 0 Å². The van der Waals surface area contributed by atoms with Crippen molar-refractivity contribution in [2.45, 2.75) is 13.3 Å². The van der Waals surface area contributed by atoms with Crippen molar-refractivity contribution in [3.8, 4) is 0 Å². The third kappa shape index (κ3) is 2.83. The molecule has 0 atom stereocenters. The number of benzene rings is 1. The second-order valence-corrected chi connectivity index (χ2v) is 5.15. The van der Waals surface area contributed by atoms with Crippen molar-refractivity contribution in [1.82, 2.24) is 5.32 Å². The first-order valence-corrected chi connectivity index (χ1v) is 6.21. The van der Waals surface area contributed by atoms with Crippen LogP contribution in [0.4, 0.5) is 5.69 Å². The summed E-state index contributed by atoms with van der Waals surface area (Å²) in [6, 6.07) is 5.87. The molecule has 0 aliphatic carbocycles. The van der Waals surface area contributed by atoms with Gasteiger partial charge in [-0.15, -0.1) is 0 Å². The lowest BCUT2D eigenvalue weighted by atomic mass is 9.99. The van der Waals surface area contributed by atoms with Gasteiger partial charge in [-0.1, -0.05) is 15.9 Å². The van der Waals surface area contributed by atoms with Gasteiger partial charge in [-0.3, -0.25) is 4.79 Å². The largest absolute Gasteiger partial charge is 0.326 e. The number of hydrogen-bond acceptors (Lipinski definition) is 2. The first-order valence-electron chi connectivity index (χ1n) is 5.42. The fourth-order valence-electron chi connectivity index (χ4n) is 1.72. The molecule has 1 amide bonds. The molecule has 16 heavy (non-hydrogen) atoms. The molecule has 0 radical (unpaired) electrons. The Labute approximate surface area is 104 Å². The Morgan fingerprint density at radius 1 is 1.56 bits per heavy atom. The maximum absolute atomic E-state index is 11.7. The average molecular weight is 283 g/mol. The highest BCUT2D eigenvalue weighted by atomic mass is 79.9. The standard InChI is InChI=1S/C12H15BrN2O/c1-8-4-10(13)2-3-11(8)15-12(16)5-9-6-14-7-9/h2-4,9,14H,5-7H2,1H3,(H,15,16). The van der Waals surface area contributed by atoms with E-state index in [1.807, 2.05) is 25.1 Å². The van der Waals surface area contributed by atoms with Crippen LogP contribution >= 0.6 is 15.9 Å². The number of rotatable bonds is 3. The molecule has 0 bridgehead atoms. The first-order chi connectivity index (χ1) is 7.65. The molecule has 4 heteroatoms. The first kappa shape index (κ1) is 11.6. The number of halogens is 1. The summed E-state index contributed by atoms with van der Waals surface area (Å²) >= 11 is 3.40. The molecular weight excluding hydrogens is 268 g/mol. The third-order valence-corrected chi connectivity index (χ3v) is 3.30. The maximum Gasteiger partial charge on any atom is 0.224 e.